The quantitative estimate of drug-likeness (QED) is 0.850. The van der Waals surface area contributed by atoms with E-state index in [-0.39, 0.29) is 41.6 Å². The Morgan fingerprint density at radius 2 is 2.12 bits per heavy atom. The lowest BCUT2D eigenvalue weighted by Crippen LogP contribution is -2.26. The Bertz CT molecular complexity index is 467. The number of carbonyl (C=O) groups excluding carboxylic acids is 1. The van der Waals surface area contributed by atoms with Crippen molar-refractivity contribution < 1.29 is 18.7 Å². The lowest BCUT2D eigenvalue weighted by Gasteiger charge is -2.17. The maximum atomic E-state index is 13.7. The van der Waals surface area contributed by atoms with Gasteiger partial charge in [0, 0.05) is 25.5 Å². The van der Waals surface area contributed by atoms with Crippen molar-refractivity contribution in [3.8, 4) is 0 Å². The molecule has 1 aromatic carbocycles. The van der Waals surface area contributed by atoms with Gasteiger partial charge in [-0.25, -0.2) is 8.78 Å². The molecule has 0 saturated carbocycles. The fourth-order valence-corrected chi connectivity index (χ4v) is 2.17. The molecular formula is C11H10BrF2NO2. The lowest BCUT2D eigenvalue weighted by atomic mass is 10.1. The number of hydrogen-bond acceptors (Lipinski definition) is 2. The average Bonchev–Trinajstić information content (AvgIpc) is 2.68. The summed E-state index contributed by atoms with van der Waals surface area (Å²) in [6, 6.07) is 2.70. The van der Waals surface area contributed by atoms with Crippen molar-refractivity contribution in [2.45, 2.75) is 6.42 Å². The minimum Gasteiger partial charge on any atom is -0.396 e. The lowest BCUT2D eigenvalue weighted by molar-refractivity contribution is -0.117. The number of aliphatic hydroxyl groups is 1. The molecule has 3 nitrogen and oxygen atoms in total. The van der Waals surface area contributed by atoms with Gasteiger partial charge in [0.25, 0.3) is 0 Å². The van der Waals surface area contributed by atoms with Crippen LogP contribution in [0, 0.1) is 17.6 Å². The van der Waals surface area contributed by atoms with E-state index < -0.39 is 11.6 Å². The van der Waals surface area contributed by atoms with Crippen molar-refractivity contribution in [2.75, 3.05) is 18.1 Å². The van der Waals surface area contributed by atoms with Crippen LogP contribution in [0.2, 0.25) is 0 Å². The number of halogens is 3. The Hall–Kier alpha value is -1.01. The second kappa shape index (κ2) is 4.70. The van der Waals surface area contributed by atoms with Crippen molar-refractivity contribution in [1.29, 1.82) is 0 Å². The molecule has 0 radical (unpaired) electrons. The summed E-state index contributed by atoms with van der Waals surface area (Å²) < 4.78 is 27.0. The zero-order chi connectivity index (χ0) is 12.6. The molecule has 1 aromatic rings. The number of carbonyl (C=O) groups is 1. The van der Waals surface area contributed by atoms with Crippen molar-refractivity contribution in [1.82, 2.24) is 0 Å². The van der Waals surface area contributed by atoms with Crippen LogP contribution in [-0.2, 0) is 4.79 Å². The molecule has 1 aliphatic rings. The molecule has 1 atom stereocenters. The first-order chi connectivity index (χ1) is 8.04. The first kappa shape index (κ1) is 12.4. The van der Waals surface area contributed by atoms with Crippen molar-refractivity contribution in [2.24, 2.45) is 5.92 Å². The number of amides is 1. The minimum atomic E-state index is -1.05. The van der Waals surface area contributed by atoms with Gasteiger partial charge in [-0.05, 0) is 28.1 Å². The van der Waals surface area contributed by atoms with E-state index in [2.05, 4.69) is 15.9 Å². The summed E-state index contributed by atoms with van der Waals surface area (Å²) in [5, 5.41) is 8.96. The van der Waals surface area contributed by atoms with Crippen LogP contribution in [0.1, 0.15) is 6.42 Å². The molecule has 0 aromatic heterocycles. The van der Waals surface area contributed by atoms with Crippen LogP contribution in [0.5, 0.6) is 0 Å². The third-order valence-corrected chi connectivity index (χ3v) is 3.38. The van der Waals surface area contributed by atoms with Gasteiger partial charge >= 0.3 is 0 Å². The average molecular weight is 306 g/mol. The summed E-state index contributed by atoms with van der Waals surface area (Å²) in [5.74, 6) is -2.58. The van der Waals surface area contributed by atoms with Crippen LogP contribution in [0.15, 0.2) is 16.6 Å². The van der Waals surface area contributed by atoms with Crippen LogP contribution in [0.3, 0.4) is 0 Å². The molecule has 1 fully saturated rings. The Balaban J connectivity index is 2.35. The number of benzene rings is 1. The van der Waals surface area contributed by atoms with Gasteiger partial charge in [0.05, 0.1) is 10.2 Å². The molecule has 0 spiro atoms. The molecule has 2 rings (SSSR count). The number of nitrogens with zero attached hydrogens (tertiary/aromatic N) is 1. The molecule has 1 unspecified atom stereocenters. The van der Waals surface area contributed by atoms with Gasteiger partial charge in [-0.3, -0.25) is 4.79 Å². The van der Waals surface area contributed by atoms with E-state index >= 15 is 0 Å². The summed E-state index contributed by atoms with van der Waals surface area (Å²) >= 11 is 2.87. The Morgan fingerprint density at radius 3 is 2.71 bits per heavy atom. The molecule has 1 N–H and O–H groups in total. The molecule has 92 valence electrons. The third-order valence-electron chi connectivity index (χ3n) is 2.77. The topological polar surface area (TPSA) is 40.5 Å². The van der Waals surface area contributed by atoms with E-state index in [0.717, 1.165) is 0 Å². The van der Waals surface area contributed by atoms with E-state index in [1.165, 1.54) is 17.0 Å². The van der Waals surface area contributed by atoms with E-state index in [9.17, 15) is 13.6 Å². The fraction of sp³-hybridized carbons (Fsp3) is 0.364. The standard InChI is InChI=1S/C11H10BrF2NO2/c12-7-1-2-8(11(14)10(7)13)15-4-6(5-16)3-9(15)17/h1-2,6,16H,3-5H2. The predicted octanol–water partition coefficient (Wildman–Crippen LogP) is 2.07. The molecule has 0 bridgehead atoms. The molecule has 0 aliphatic carbocycles. The number of aliphatic hydroxyl groups excluding tert-OH is 1. The van der Waals surface area contributed by atoms with Crippen LogP contribution in [0.4, 0.5) is 14.5 Å². The van der Waals surface area contributed by atoms with Gasteiger partial charge in [0.15, 0.2) is 11.6 Å². The van der Waals surface area contributed by atoms with Gasteiger partial charge in [0.1, 0.15) is 0 Å². The highest BCUT2D eigenvalue weighted by molar-refractivity contribution is 9.10. The summed E-state index contributed by atoms with van der Waals surface area (Å²) in [7, 11) is 0. The SMILES string of the molecule is O=C1CC(CO)CN1c1ccc(Br)c(F)c1F. The smallest absolute Gasteiger partial charge is 0.227 e. The van der Waals surface area contributed by atoms with Gasteiger partial charge in [0.2, 0.25) is 5.91 Å². The monoisotopic (exact) mass is 305 g/mol. The van der Waals surface area contributed by atoms with E-state index in [0.29, 0.717) is 0 Å². The van der Waals surface area contributed by atoms with Crippen LogP contribution in [-0.4, -0.2) is 24.2 Å². The zero-order valence-corrected chi connectivity index (χ0v) is 10.4. The maximum Gasteiger partial charge on any atom is 0.227 e. The van der Waals surface area contributed by atoms with Crippen LogP contribution >= 0.6 is 15.9 Å². The number of rotatable bonds is 2. The highest BCUT2D eigenvalue weighted by atomic mass is 79.9. The number of hydrogen-bond donors (Lipinski definition) is 1. The third kappa shape index (κ3) is 2.19. The molecule has 1 heterocycles. The first-order valence-electron chi connectivity index (χ1n) is 5.09. The van der Waals surface area contributed by atoms with Crippen LogP contribution in [0.25, 0.3) is 0 Å². The first-order valence-corrected chi connectivity index (χ1v) is 5.88. The second-order valence-corrected chi connectivity index (χ2v) is 4.81. The minimum absolute atomic E-state index is 0.0177. The van der Waals surface area contributed by atoms with E-state index in [1.807, 2.05) is 0 Å². The van der Waals surface area contributed by atoms with Gasteiger partial charge in [-0.2, -0.15) is 0 Å². The van der Waals surface area contributed by atoms with E-state index in [1.54, 1.807) is 0 Å². The molecule has 1 aliphatic heterocycles. The Labute approximate surface area is 105 Å². The highest BCUT2D eigenvalue weighted by Gasteiger charge is 2.32. The molecule has 1 saturated heterocycles. The zero-order valence-electron chi connectivity index (χ0n) is 8.79. The predicted molar refractivity (Wildman–Crippen MR) is 61.6 cm³/mol. The Morgan fingerprint density at radius 1 is 1.41 bits per heavy atom. The second-order valence-electron chi connectivity index (χ2n) is 3.95. The Kier molecular flexibility index (Phi) is 3.44. The summed E-state index contributed by atoms with van der Waals surface area (Å²) in [6.45, 7) is 0.0796. The van der Waals surface area contributed by atoms with Gasteiger partial charge in [-0.1, -0.05) is 0 Å². The summed E-state index contributed by atoms with van der Waals surface area (Å²) in [5.41, 5.74) is -0.0772. The summed E-state index contributed by atoms with van der Waals surface area (Å²) in [4.78, 5) is 12.8. The van der Waals surface area contributed by atoms with Crippen molar-refractivity contribution in [3.63, 3.8) is 0 Å². The van der Waals surface area contributed by atoms with Crippen molar-refractivity contribution in [3.05, 3.63) is 28.2 Å². The largest absolute Gasteiger partial charge is 0.396 e. The maximum absolute atomic E-state index is 13.7. The molecule has 6 heteroatoms. The molecular weight excluding hydrogens is 296 g/mol. The van der Waals surface area contributed by atoms with Gasteiger partial charge in [-0.15, -0.1) is 0 Å². The molecule has 17 heavy (non-hydrogen) atoms. The number of anilines is 1. The molecule has 1 amide bonds. The normalized spacial score (nSPS) is 20.1. The fourth-order valence-electron chi connectivity index (χ4n) is 1.86. The van der Waals surface area contributed by atoms with E-state index in [4.69, 9.17) is 5.11 Å². The van der Waals surface area contributed by atoms with Crippen LogP contribution < -0.4 is 4.90 Å². The summed E-state index contributed by atoms with van der Waals surface area (Å²) in [6.07, 6.45) is 0.160. The highest BCUT2D eigenvalue weighted by Crippen LogP contribution is 2.31. The van der Waals surface area contributed by atoms with Crippen molar-refractivity contribution >= 4 is 27.5 Å². The van der Waals surface area contributed by atoms with Gasteiger partial charge < -0.3 is 10.0 Å².